The van der Waals surface area contributed by atoms with Gasteiger partial charge < -0.3 is 9.15 Å². The average Bonchev–Trinajstić information content (AvgIpc) is 3.28. The number of amides is 1. The molecular weight excluding hydrogens is 640 g/mol. The molecule has 4 aromatic carbocycles. The Hall–Kier alpha value is -2.94. The van der Waals surface area contributed by atoms with E-state index >= 15 is 0 Å². The Bertz CT molecular complexity index is 1590. The van der Waals surface area contributed by atoms with Crippen LogP contribution in [0, 0.1) is 0 Å². The topological polar surface area (TPSA) is 63.8 Å². The first-order valence-electron chi connectivity index (χ1n) is 10.6. The second-order valence-electron chi connectivity index (χ2n) is 7.78. The number of carbonyl (C=O) groups is 1. The van der Waals surface area contributed by atoms with Crippen molar-refractivity contribution in [3.63, 3.8) is 0 Å². The molecule has 5 nitrogen and oxygen atoms in total. The van der Waals surface area contributed by atoms with Gasteiger partial charge in [0, 0.05) is 9.86 Å². The third-order valence-corrected chi connectivity index (χ3v) is 6.97. The van der Waals surface area contributed by atoms with E-state index in [0.29, 0.717) is 12.2 Å². The standard InChI is InChI=1S/C27H17Br3N2O3/c28-21-11-20-12-25(35-26(20)23(30)13-21)27(33)32-31-14-16-6-8-24(22(29)10-16)34-15-17-5-7-18-3-1-2-4-19(18)9-17/h1-14H,15H2,(H,32,33)/b31-14-. The normalized spacial score (nSPS) is 11.4. The van der Waals surface area contributed by atoms with Crippen LogP contribution in [0.1, 0.15) is 21.7 Å². The summed E-state index contributed by atoms with van der Waals surface area (Å²) in [6.07, 6.45) is 1.56. The fourth-order valence-corrected chi connectivity index (χ4v) is 5.46. The second kappa shape index (κ2) is 10.4. The summed E-state index contributed by atoms with van der Waals surface area (Å²) in [5, 5.41) is 7.25. The highest BCUT2D eigenvalue weighted by atomic mass is 79.9. The molecule has 0 spiro atoms. The lowest BCUT2D eigenvalue weighted by atomic mass is 10.1. The van der Waals surface area contributed by atoms with Gasteiger partial charge >= 0.3 is 5.91 Å². The van der Waals surface area contributed by atoms with Crippen LogP contribution in [-0.4, -0.2) is 12.1 Å². The van der Waals surface area contributed by atoms with Gasteiger partial charge in [0.25, 0.3) is 0 Å². The van der Waals surface area contributed by atoms with E-state index in [2.05, 4.69) is 88.6 Å². The molecule has 0 aliphatic heterocycles. The van der Waals surface area contributed by atoms with Crippen LogP contribution in [0.5, 0.6) is 5.75 Å². The van der Waals surface area contributed by atoms with Crippen molar-refractivity contribution in [1.82, 2.24) is 5.43 Å². The molecule has 5 aromatic rings. The number of benzene rings is 4. The Morgan fingerprint density at radius 3 is 2.54 bits per heavy atom. The quantitative estimate of drug-likeness (QED) is 0.148. The van der Waals surface area contributed by atoms with Crippen LogP contribution in [0.2, 0.25) is 0 Å². The molecule has 5 rings (SSSR count). The minimum atomic E-state index is -0.435. The van der Waals surface area contributed by atoms with Crippen molar-refractivity contribution >= 4 is 81.7 Å². The summed E-state index contributed by atoms with van der Waals surface area (Å²) in [4.78, 5) is 12.4. The van der Waals surface area contributed by atoms with Gasteiger partial charge in [0.15, 0.2) is 5.76 Å². The first kappa shape index (κ1) is 23.8. The molecule has 174 valence electrons. The monoisotopic (exact) mass is 654 g/mol. The molecule has 0 saturated carbocycles. The molecule has 0 aliphatic rings. The van der Waals surface area contributed by atoms with E-state index < -0.39 is 5.91 Å². The minimum Gasteiger partial charge on any atom is -0.488 e. The highest BCUT2D eigenvalue weighted by Gasteiger charge is 2.14. The summed E-state index contributed by atoms with van der Waals surface area (Å²) < 4.78 is 14.1. The fraction of sp³-hybridized carbons (Fsp3) is 0.0370. The molecule has 8 heteroatoms. The van der Waals surface area contributed by atoms with Gasteiger partial charge in [0.1, 0.15) is 17.9 Å². The van der Waals surface area contributed by atoms with Gasteiger partial charge in [0.2, 0.25) is 0 Å². The molecule has 1 N–H and O–H groups in total. The largest absolute Gasteiger partial charge is 0.488 e. The van der Waals surface area contributed by atoms with Crippen LogP contribution in [0.15, 0.2) is 102 Å². The lowest BCUT2D eigenvalue weighted by Crippen LogP contribution is -2.16. The fourth-order valence-electron chi connectivity index (χ4n) is 3.61. The molecule has 0 radical (unpaired) electrons. The van der Waals surface area contributed by atoms with Gasteiger partial charge in [-0.25, -0.2) is 5.43 Å². The number of fused-ring (bicyclic) bond motifs is 2. The van der Waals surface area contributed by atoms with E-state index in [1.165, 1.54) is 10.8 Å². The third-order valence-electron chi connectivity index (χ3n) is 5.30. The van der Waals surface area contributed by atoms with Crippen LogP contribution in [0.25, 0.3) is 21.7 Å². The van der Waals surface area contributed by atoms with Gasteiger partial charge in [-0.3, -0.25) is 4.79 Å². The average molecular weight is 657 g/mol. The molecule has 0 fully saturated rings. The summed E-state index contributed by atoms with van der Waals surface area (Å²) in [6.45, 7) is 0.455. The first-order chi connectivity index (χ1) is 17.0. The van der Waals surface area contributed by atoms with E-state index in [-0.39, 0.29) is 5.76 Å². The van der Waals surface area contributed by atoms with E-state index in [0.717, 1.165) is 35.7 Å². The molecule has 1 aromatic heterocycles. The summed E-state index contributed by atoms with van der Waals surface area (Å²) in [6, 6.07) is 25.6. The highest BCUT2D eigenvalue weighted by molar-refractivity contribution is 9.11. The zero-order valence-corrected chi connectivity index (χ0v) is 22.9. The van der Waals surface area contributed by atoms with Crippen LogP contribution in [-0.2, 0) is 6.61 Å². The van der Waals surface area contributed by atoms with Crippen LogP contribution < -0.4 is 10.2 Å². The van der Waals surface area contributed by atoms with Gasteiger partial charge in [0.05, 0.1) is 15.2 Å². The summed E-state index contributed by atoms with van der Waals surface area (Å²) in [7, 11) is 0. The molecular formula is C27H17Br3N2O3. The molecule has 1 amide bonds. The molecule has 1 heterocycles. The van der Waals surface area contributed by atoms with Crippen molar-refractivity contribution in [2.45, 2.75) is 6.61 Å². The molecule has 0 aliphatic carbocycles. The Morgan fingerprint density at radius 2 is 1.71 bits per heavy atom. The Labute approximate surface area is 226 Å². The number of nitrogens with zero attached hydrogens (tertiary/aromatic N) is 1. The highest BCUT2D eigenvalue weighted by Crippen LogP contribution is 2.31. The van der Waals surface area contributed by atoms with Crippen molar-refractivity contribution in [3.05, 3.63) is 109 Å². The molecule has 0 unspecified atom stereocenters. The maximum Gasteiger partial charge on any atom is 0.307 e. The van der Waals surface area contributed by atoms with Crippen molar-refractivity contribution < 1.29 is 13.9 Å². The van der Waals surface area contributed by atoms with Gasteiger partial charge in [-0.2, -0.15) is 5.10 Å². The maximum atomic E-state index is 12.4. The molecule has 0 atom stereocenters. The van der Waals surface area contributed by atoms with E-state index in [9.17, 15) is 4.79 Å². The maximum absolute atomic E-state index is 12.4. The molecule has 35 heavy (non-hydrogen) atoms. The predicted octanol–water partition coefficient (Wildman–Crippen LogP) is 8.22. The Kier molecular flexibility index (Phi) is 7.04. The smallest absolute Gasteiger partial charge is 0.307 e. The zero-order chi connectivity index (χ0) is 24.4. The van der Waals surface area contributed by atoms with E-state index in [1.807, 2.05) is 42.5 Å². The lowest BCUT2D eigenvalue weighted by molar-refractivity contribution is 0.0929. The number of carbonyl (C=O) groups excluding carboxylic acids is 1. The number of rotatable bonds is 6. The van der Waals surface area contributed by atoms with Gasteiger partial charge in [-0.05, 0) is 96.2 Å². The summed E-state index contributed by atoms with van der Waals surface area (Å²) in [5.74, 6) is 0.461. The van der Waals surface area contributed by atoms with E-state index in [4.69, 9.17) is 9.15 Å². The number of ether oxygens (including phenoxy) is 1. The number of furan rings is 1. The minimum absolute atomic E-state index is 0.176. The number of hydrogen-bond donors (Lipinski definition) is 1. The lowest BCUT2D eigenvalue weighted by Gasteiger charge is -2.09. The van der Waals surface area contributed by atoms with Crippen LogP contribution >= 0.6 is 47.8 Å². The van der Waals surface area contributed by atoms with Crippen LogP contribution in [0.4, 0.5) is 0 Å². The summed E-state index contributed by atoms with van der Waals surface area (Å²) >= 11 is 10.4. The van der Waals surface area contributed by atoms with Crippen molar-refractivity contribution in [2.75, 3.05) is 0 Å². The summed E-state index contributed by atoms with van der Waals surface area (Å²) in [5.41, 5.74) is 4.99. The predicted molar refractivity (Wildman–Crippen MR) is 149 cm³/mol. The first-order valence-corrected chi connectivity index (χ1v) is 13.0. The second-order valence-corrected chi connectivity index (χ2v) is 10.4. The third kappa shape index (κ3) is 5.50. The number of hydrogen-bond acceptors (Lipinski definition) is 4. The van der Waals surface area contributed by atoms with Crippen LogP contribution in [0.3, 0.4) is 0 Å². The number of halogens is 3. The van der Waals surface area contributed by atoms with Crippen molar-refractivity contribution in [3.8, 4) is 5.75 Å². The van der Waals surface area contributed by atoms with Crippen molar-refractivity contribution in [2.24, 2.45) is 5.10 Å². The van der Waals surface area contributed by atoms with E-state index in [1.54, 1.807) is 12.3 Å². The Balaban J connectivity index is 1.21. The SMILES string of the molecule is O=C(N/N=C\c1ccc(OCc2ccc3ccccc3c2)c(Br)c1)c1cc2cc(Br)cc(Br)c2o1. The zero-order valence-electron chi connectivity index (χ0n) is 18.1. The molecule has 0 bridgehead atoms. The Morgan fingerprint density at radius 1 is 0.886 bits per heavy atom. The van der Waals surface area contributed by atoms with Gasteiger partial charge in [-0.1, -0.05) is 52.3 Å². The molecule has 0 saturated heterocycles. The van der Waals surface area contributed by atoms with Crippen molar-refractivity contribution in [1.29, 1.82) is 0 Å². The number of nitrogens with one attached hydrogen (secondary N) is 1. The number of hydrazone groups is 1. The van der Waals surface area contributed by atoms with Gasteiger partial charge in [-0.15, -0.1) is 0 Å².